The lowest BCUT2D eigenvalue weighted by Gasteiger charge is -2.25. The molecule has 5 heteroatoms. The fourth-order valence-corrected chi connectivity index (χ4v) is 1.70. The summed E-state index contributed by atoms with van der Waals surface area (Å²) in [4.78, 5) is 13.1. The van der Waals surface area contributed by atoms with Gasteiger partial charge in [0, 0.05) is 13.6 Å². The molecule has 0 bridgehead atoms. The van der Waals surface area contributed by atoms with E-state index < -0.39 is 11.5 Å². The van der Waals surface area contributed by atoms with Crippen LogP contribution in [0.4, 0.5) is 4.39 Å². The minimum Gasteiger partial charge on any atom is -0.381 e. The Bertz CT molecular complexity index is 429. The summed E-state index contributed by atoms with van der Waals surface area (Å²) in [5.41, 5.74) is -0.742. The number of halogens is 2. The Morgan fingerprint density at radius 2 is 2.12 bits per heavy atom. The van der Waals surface area contributed by atoms with E-state index in [9.17, 15) is 14.3 Å². The van der Waals surface area contributed by atoms with E-state index in [4.69, 9.17) is 0 Å². The summed E-state index contributed by atoms with van der Waals surface area (Å²) in [5, 5.41) is 9.56. The van der Waals surface area contributed by atoms with Crippen molar-refractivity contribution in [1.29, 1.82) is 0 Å². The van der Waals surface area contributed by atoms with Crippen LogP contribution in [-0.2, 0) is 11.3 Å². The number of hydrogen-bond acceptors (Lipinski definition) is 2. The third kappa shape index (κ3) is 3.78. The molecule has 0 unspecified atom stereocenters. The molecule has 0 spiro atoms. The van der Waals surface area contributed by atoms with Gasteiger partial charge in [0.05, 0.1) is 4.47 Å². The highest BCUT2D eigenvalue weighted by molar-refractivity contribution is 9.10. The second-order valence-electron chi connectivity index (χ2n) is 4.47. The van der Waals surface area contributed by atoms with Crippen molar-refractivity contribution in [3.05, 3.63) is 34.1 Å². The molecule has 0 aromatic heterocycles. The van der Waals surface area contributed by atoms with Crippen molar-refractivity contribution in [3.63, 3.8) is 0 Å². The third-order valence-corrected chi connectivity index (χ3v) is 2.92. The van der Waals surface area contributed by atoms with Crippen molar-refractivity contribution in [1.82, 2.24) is 4.90 Å². The molecule has 0 aliphatic rings. The predicted octanol–water partition coefficient (Wildman–Crippen LogP) is 2.32. The molecule has 0 radical (unpaired) electrons. The number of benzene rings is 1. The Labute approximate surface area is 108 Å². The van der Waals surface area contributed by atoms with Gasteiger partial charge in [-0.25, -0.2) is 4.39 Å². The van der Waals surface area contributed by atoms with Gasteiger partial charge in [-0.2, -0.15) is 0 Å². The molecule has 0 aliphatic carbocycles. The Hall–Kier alpha value is -0.940. The zero-order valence-corrected chi connectivity index (χ0v) is 11.6. The molecule has 0 aliphatic heterocycles. The van der Waals surface area contributed by atoms with Crippen LogP contribution in [-0.4, -0.2) is 28.6 Å². The lowest BCUT2D eigenvalue weighted by Crippen LogP contribution is -2.42. The van der Waals surface area contributed by atoms with E-state index in [0.29, 0.717) is 10.0 Å². The van der Waals surface area contributed by atoms with E-state index in [2.05, 4.69) is 15.9 Å². The van der Waals surface area contributed by atoms with Gasteiger partial charge in [0.15, 0.2) is 0 Å². The third-order valence-electron chi connectivity index (χ3n) is 2.27. The number of hydrogen-bond donors (Lipinski definition) is 1. The Morgan fingerprint density at radius 3 is 2.59 bits per heavy atom. The first-order valence-electron chi connectivity index (χ1n) is 5.13. The molecule has 1 amide bonds. The lowest BCUT2D eigenvalue weighted by atomic mass is 10.1. The van der Waals surface area contributed by atoms with Gasteiger partial charge in [-0.15, -0.1) is 0 Å². The molecule has 1 rings (SSSR count). The van der Waals surface area contributed by atoms with Crippen molar-refractivity contribution in [3.8, 4) is 0 Å². The van der Waals surface area contributed by atoms with Gasteiger partial charge >= 0.3 is 0 Å². The number of amides is 1. The summed E-state index contributed by atoms with van der Waals surface area (Å²) in [6, 6.07) is 4.67. The minimum absolute atomic E-state index is 0.257. The highest BCUT2D eigenvalue weighted by Crippen LogP contribution is 2.18. The molecule has 0 heterocycles. The minimum atomic E-state index is -1.41. The average Bonchev–Trinajstić information content (AvgIpc) is 2.21. The fraction of sp³-hybridized carbons (Fsp3) is 0.417. The number of rotatable bonds is 3. The SMILES string of the molecule is CN(Cc1ccc(Br)c(F)c1)C(=O)C(C)(C)O. The van der Waals surface area contributed by atoms with Gasteiger partial charge in [-0.3, -0.25) is 4.79 Å². The van der Waals surface area contributed by atoms with Crippen LogP contribution in [0.2, 0.25) is 0 Å². The fourth-order valence-electron chi connectivity index (χ4n) is 1.45. The van der Waals surface area contributed by atoms with E-state index in [-0.39, 0.29) is 12.4 Å². The first-order chi connectivity index (χ1) is 7.71. The molecule has 1 aromatic carbocycles. The van der Waals surface area contributed by atoms with E-state index >= 15 is 0 Å². The van der Waals surface area contributed by atoms with Gasteiger partial charge in [0.25, 0.3) is 5.91 Å². The topological polar surface area (TPSA) is 40.5 Å². The van der Waals surface area contributed by atoms with E-state index in [1.165, 1.54) is 24.8 Å². The lowest BCUT2D eigenvalue weighted by molar-refractivity contribution is -0.146. The maximum atomic E-state index is 13.3. The highest BCUT2D eigenvalue weighted by Gasteiger charge is 2.27. The van der Waals surface area contributed by atoms with Crippen LogP contribution in [0.15, 0.2) is 22.7 Å². The molecule has 1 N–H and O–H groups in total. The highest BCUT2D eigenvalue weighted by atomic mass is 79.9. The first-order valence-corrected chi connectivity index (χ1v) is 5.93. The molecule has 0 saturated carbocycles. The number of carbonyl (C=O) groups excluding carboxylic acids is 1. The van der Waals surface area contributed by atoms with Crippen LogP contribution < -0.4 is 0 Å². The summed E-state index contributed by atoms with van der Waals surface area (Å²) in [7, 11) is 1.57. The monoisotopic (exact) mass is 303 g/mol. The standard InChI is InChI=1S/C12H15BrFNO2/c1-12(2,17)11(16)15(3)7-8-4-5-9(13)10(14)6-8/h4-6,17H,7H2,1-3H3. The second-order valence-corrected chi connectivity index (χ2v) is 5.32. The van der Waals surface area contributed by atoms with Crippen LogP contribution >= 0.6 is 15.9 Å². The molecule has 0 saturated heterocycles. The molecular formula is C12H15BrFNO2. The van der Waals surface area contributed by atoms with Crippen molar-refractivity contribution >= 4 is 21.8 Å². The second kappa shape index (κ2) is 5.14. The van der Waals surface area contributed by atoms with Crippen LogP contribution in [0, 0.1) is 5.82 Å². The molecule has 17 heavy (non-hydrogen) atoms. The average molecular weight is 304 g/mol. The van der Waals surface area contributed by atoms with Gasteiger partial charge in [-0.05, 0) is 47.5 Å². The zero-order valence-electron chi connectivity index (χ0n) is 10.00. The summed E-state index contributed by atoms with van der Waals surface area (Å²) >= 11 is 3.06. The number of carbonyl (C=O) groups is 1. The molecule has 0 fully saturated rings. The Kier molecular flexibility index (Phi) is 4.27. The van der Waals surface area contributed by atoms with Gasteiger partial charge in [0.2, 0.25) is 0 Å². The van der Waals surface area contributed by atoms with Gasteiger partial charge in [0.1, 0.15) is 11.4 Å². The largest absolute Gasteiger partial charge is 0.381 e. The Balaban J connectivity index is 2.78. The number of aliphatic hydroxyl groups is 1. The van der Waals surface area contributed by atoms with Crippen molar-refractivity contribution in [2.45, 2.75) is 26.0 Å². The first kappa shape index (κ1) is 14.1. The van der Waals surface area contributed by atoms with Crippen molar-refractivity contribution in [2.75, 3.05) is 7.05 Å². The van der Waals surface area contributed by atoms with Gasteiger partial charge < -0.3 is 10.0 Å². The van der Waals surface area contributed by atoms with Crippen LogP contribution in [0.25, 0.3) is 0 Å². The number of nitrogens with zero attached hydrogens (tertiary/aromatic N) is 1. The summed E-state index contributed by atoms with van der Waals surface area (Å²) < 4.78 is 13.7. The quantitative estimate of drug-likeness (QED) is 0.931. The van der Waals surface area contributed by atoms with Crippen LogP contribution in [0.3, 0.4) is 0 Å². The van der Waals surface area contributed by atoms with Gasteiger partial charge in [-0.1, -0.05) is 6.07 Å². The molecule has 94 valence electrons. The van der Waals surface area contributed by atoms with Crippen molar-refractivity contribution < 1.29 is 14.3 Å². The normalized spacial score (nSPS) is 11.4. The van der Waals surface area contributed by atoms with Crippen LogP contribution in [0.5, 0.6) is 0 Å². The molecule has 0 atom stereocenters. The van der Waals surface area contributed by atoms with Crippen LogP contribution in [0.1, 0.15) is 19.4 Å². The molecular weight excluding hydrogens is 289 g/mol. The predicted molar refractivity (Wildman–Crippen MR) is 66.9 cm³/mol. The summed E-state index contributed by atoms with van der Waals surface area (Å²) in [6.07, 6.45) is 0. The zero-order chi connectivity index (χ0) is 13.2. The Morgan fingerprint density at radius 1 is 1.53 bits per heavy atom. The van der Waals surface area contributed by atoms with E-state index in [0.717, 1.165) is 0 Å². The van der Waals surface area contributed by atoms with E-state index in [1.54, 1.807) is 19.2 Å². The summed E-state index contributed by atoms with van der Waals surface area (Å²) in [6.45, 7) is 3.11. The smallest absolute Gasteiger partial charge is 0.253 e. The summed E-state index contributed by atoms with van der Waals surface area (Å²) in [5.74, 6) is -0.771. The number of likely N-dealkylation sites (N-methyl/N-ethyl adjacent to an activating group) is 1. The maximum Gasteiger partial charge on any atom is 0.253 e. The molecule has 1 aromatic rings. The molecule has 3 nitrogen and oxygen atoms in total. The van der Waals surface area contributed by atoms with E-state index in [1.807, 2.05) is 0 Å². The maximum absolute atomic E-state index is 13.3. The van der Waals surface area contributed by atoms with Crippen molar-refractivity contribution in [2.24, 2.45) is 0 Å².